The molecule has 1 N–H and O–H groups in total. The topological polar surface area (TPSA) is 89.8 Å². The molecule has 1 aromatic heterocycles. The van der Waals surface area contributed by atoms with Gasteiger partial charge in [-0.15, -0.1) is 5.10 Å². The number of carbonyl (C=O) groups is 2. The first kappa shape index (κ1) is 19.5. The van der Waals surface area contributed by atoms with Crippen LogP contribution in [0.3, 0.4) is 0 Å². The van der Waals surface area contributed by atoms with Crippen LogP contribution in [0, 0.1) is 6.92 Å². The van der Waals surface area contributed by atoms with Gasteiger partial charge in [-0.1, -0.05) is 29.8 Å². The highest BCUT2D eigenvalue weighted by Crippen LogP contribution is 2.21. The van der Waals surface area contributed by atoms with E-state index in [-0.39, 0.29) is 11.7 Å². The summed E-state index contributed by atoms with van der Waals surface area (Å²) in [6.45, 7) is 1.89. The number of tetrazole rings is 1. The molecular formula is C22H16ClN5O2. The predicted octanol–water partition coefficient (Wildman–Crippen LogP) is 4.11. The molecule has 7 nitrogen and oxygen atoms in total. The van der Waals surface area contributed by atoms with Gasteiger partial charge in [0.1, 0.15) is 6.33 Å². The van der Waals surface area contributed by atoms with Crippen molar-refractivity contribution in [1.29, 1.82) is 0 Å². The molecule has 0 aliphatic carbocycles. The molecule has 0 radical (unpaired) electrons. The maximum absolute atomic E-state index is 12.9. The highest BCUT2D eigenvalue weighted by atomic mass is 35.5. The van der Waals surface area contributed by atoms with Crippen molar-refractivity contribution in [2.45, 2.75) is 6.92 Å². The lowest BCUT2D eigenvalue weighted by Gasteiger charge is -2.12. The largest absolute Gasteiger partial charge is 0.322 e. The number of benzene rings is 3. The van der Waals surface area contributed by atoms with Crippen molar-refractivity contribution in [3.63, 3.8) is 0 Å². The van der Waals surface area contributed by atoms with E-state index in [9.17, 15) is 9.59 Å². The number of hydrogen-bond donors (Lipinski definition) is 1. The number of aryl methyl sites for hydroxylation is 1. The van der Waals surface area contributed by atoms with E-state index in [1.54, 1.807) is 59.3 Å². The molecule has 0 atom stereocenters. The summed E-state index contributed by atoms with van der Waals surface area (Å²) in [4.78, 5) is 25.8. The first-order valence-corrected chi connectivity index (χ1v) is 9.45. The minimum Gasteiger partial charge on any atom is -0.322 e. The number of carbonyl (C=O) groups excluding carboxylic acids is 2. The Morgan fingerprint density at radius 3 is 2.37 bits per heavy atom. The fourth-order valence-electron chi connectivity index (χ4n) is 3.10. The van der Waals surface area contributed by atoms with Gasteiger partial charge in [-0.05, 0) is 71.4 Å². The molecule has 0 saturated carbocycles. The second kappa shape index (κ2) is 8.26. The molecule has 8 heteroatoms. The molecule has 0 aliphatic rings. The van der Waals surface area contributed by atoms with Crippen molar-refractivity contribution in [3.05, 3.63) is 100 Å². The minimum atomic E-state index is -0.373. The number of anilines is 1. The highest BCUT2D eigenvalue weighted by molar-refractivity contribution is 6.30. The summed E-state index contributed by atoms with van der Waals surface area (Å²) in [7, 11) is 0. The smallest absolute Gasteiger partial charge is 0.256 e. The molecule has 4 aromatic rings. The van der Waals surface area contributed by atoms with Gasteiger partial charge in [0.15, 0.2) is 5.78 Å². The first-order chi connectivity index (χ1) is 14.5. The van der Waals surface area contributed by atoms with Gasteiger partial charge in [0.05, 0.1) is 11.3 Å². The Morgan fingerprint density at radius 1 is 0.967 bits per heavy atom. The fraction of sp³-hybridized carbons (Fsp3) is 0.0455. The Labute approximate surface area is 177 Å². The number of amides is 1. The van der Waals surface area contributed by atoms with Crippen LogP contribution in [0.4, 0.5) is 5.69 Å². The predicted molar refractivity (Wildman–Crippen MR) is 113 cm³/mol. The second-order valence-corrected chi connectivity index (χ2v) is 7.03. The van der Waals surface area contributed by atoms with E-state index in [0.29, 0.717) is 27.4 Å². The number of nitrogens with one attached hydrogen (secondary N) is 1. The van der Waals surface area contributed by atoms with E-state index in [1.807, 2.05) is 19.1 Å². The van der Waals surface area contributed by atoms with Gasteiger partial charge in [0, 0.05) is 21.8 Å². The highest BCUT2D eigenvalue weighted by Gasteiger charge is 2.18. The summed E-state index contributed by atoms with van der Waals surface area (Å²) in [6.07, 6.45) is 1.50. The van der Waals surface area contributed by atoms with Gasteiger partial charge in [0.25, 0.3) is 5.91 Å². The maximum atomic E-state index is 12.9. The van der Waals surface area contributed by atoms with Crippen LogP contribution in [0.2, 0.25) is 5.02 Å². The van der Waals surface area contributed by atoms with Gasteiger partial charge in [-0.2, -0.15) is 0 Å². The van der Waals surface area contributed by atoms with Crippen LogP contribution in [-0.4, -0.2) is 31.9 Å². The van der Waals surface area contributed by atoms with Crippen LogP contribution in [-0.2, 0) is 0 Å². The summed E-state index contributed by atoms with van der Waals surface area (Å²) in [5.41, 5.74) is 3.35. The van der Waals surface area contributed by atoms with Gasteiger partial charge in [-0.25, -0.2) is 4.68 Å². The van der Waals surface area contributed by atoms with E-state index in [0.717, 1.165) is 11.3 Å². The molecule has 1 heterocycles. The van der Waals surface area contributed by atoms with Gasteiger partial charge >= 0.3 is 0 Å². The zero-order valence-corrected chi connectivity index (χ0v) is 16.7. The average Bonchev–Trinajstić information content (AvgIpc) is 3.28. The normalized spacial score (nSPS) is 10.6. The van der Waals surface area contributed by atoms with E-state index in [1.165, 1.54) is 6.33 Å². The quantitative estimate of drug-likeness (QED) is 0.493. The molecule has 4 rings (SSSR count). The Bertz CT molecular complexity index is 1220. The van der Waals surface area contributed by atoms with Crippen molar-refractivity contribution in [2.24, 2.45) is 0 Å². The second-order valence-electron chi connectivity index (χ2n) is 6.59. The Kier molecular flexibility index (Phi) is 5.36. The van der Waals surface area contributed by atoms with E-state index < -0.39 is 0 Å². The van der Waals surface area contributed by atoms with Crippen molar-refractivity contribution in [3.8, 4) is 5.69 Å². The lowest BCUT2D eigenvalue weighted by molar-refractivity contribution is 0.0996. The molecule has 0 bridgehead atoms. The van der Waals surface area contributed by atoms with Crippen LogP contribution in [0.15, 0.2) is 73.1 Å². The van der Waals surface area contributed by atoms with E-state index in [4.69, 9.17) is 11.6 Å². The summed E-state index contributed by atoms with van der Waals surface area (Å²) in [5.74, 6) is -0.620. The number of hydrogen-bond acceptors (Lipinski definition) is 5. The Morgan fingerprint density at radius 2 is 1.70 bits per heavy atom. The van der Waals surface area contributed by atoms with Crippen LogP contribution < -0.4 is 5.32 Å². The molecular weight excluding hydrogens is 402 g/mol. The molecule has 0 saturated heterocycles. The summed E-state index contributed by atoms with van der Waals surface area (Å²) < 4.78 is 1.54. The van der Waals surface area contributed by atoms with Crippen LogP contribution >= 0.6 is 11.6 Å². The SMILES string of the molecule is Cc1cc(NC(=O)c2ccccc2C(=O)c2ccc(Cl)cc2)ccc1-n1cnnn1. The van der Waals surface area contributed by atoms with Gasteiger partial charge in [0.2, 0.25) is 0 Å². The van der Waals surface area contributed by atoms with Crippen molar-refractivity contribution < 1.29 is 9.59 Å². The van der Waals surface area contributed by atoms with Gasteiger partial charge in [-0.3, -0.25) is 9.59 Å². The van der Waals surface area contributed by atoms with Gasteiger partial charge < -0.3 is 5.32 Å². The number of rotatable bonds is 5. The number of ketones is 1. The maximum Gasteiger partial charge on any atom is 0.256 e. The van der Waals surface area contributed by atoms with Crippen LogP contribution in [0.1, 0.15) is 31.8 Å². The third-order valence-corrected chi connectivity index (χ3v) is 4.83. The number of halogens is 1. The summed E-state index contributed by atoms with van der Waals surface area (Å²) in [5, 5.41) is 14.5. The van der Waals surface area contributed by atoms with E-state index >= 15 is 0 Å². The fourth-order valence-corrected chi connectivity index (χ4v) is 3.22. The van der Waals surface area contributed by atoms with Crippen molar-refractivity contribution in [1.82, 2.24) is 20.2 Å². The van der Waals surface area contributed by atoms with Crippen molar-refractivity contribution in [2.75, 3.05) is 5.32 Å². The van der Waals surface area contributed by atoms with Crippen LogP contribution in [0.5, 0.6) is 0 Å². The zero-order valence-electron chi connectivity index (χ0n) is 15.9. The standard InChI is InChI=1S/C22H16ClN5O2/c1-14-12-17(10-11-20(14)28-13-24-26-27-28)25-22(30)19-5-3-2-4-18(19)21(29)15-6-8-16(23)9-7-15/h2-13H,1H3,(H,25,30). The lowest BCUT2D eigenvalue weighted by atomic mass is 9.98. The molecule has 30 heavy (non-hydrogen) atoms. The molecule has 148 valence electrons. The molecule has 3 aromatic carbocycles. The summed E-state index contributed by atoms with van der Waals surface area (Å²) >= 11 is 5.90. The molecule has 0 spiro atoms. The monoisotopic (exact) mass is 417 g/mol. The van der Waals surface area contributed by atoms with Crippen LogP contribution in [0.25, 0.3) is 5.69 Å². The van der Waals surface area contributed by atoms with Crippen molar-refractivity contribution >= 4 is 29.0 Å². The Balaban J connectivity index is 1.59. The number of aromatic nitrogens is 4. The summed E-state index contributed by atoms with van der Waals surface area (Å²) in [6, 6.07) is 18.7. The number of nitrogens with zero attached hydrogens (tertiary/aromatic N) is 4. The average molecular weight is 418 g/mol. The first-order valence-electron chi connectivity index (χ1n) is 9.07. The zero-order chi connectivity index (χ0) is 21.1. The molecule has 0 aliphatic heterocycles. The minimum absolute atomic E-state index is 0.248. The van der Waals surface area contributed by atoms with E-state index in [2.05, 4.69) is 20.8 Å². The molecule has 0 unspecified atom stereocenters. The third-order valence-electron chi connectivity index (χ3n) is 4.57. The Hall–Kier alpha value is -3.84. The molecule has 0 fully saturated rings. The third kappa shape index (κ3) is 3.97. The lowest BCUT2D eigenvalue weighted by Crippen LogP contribution is -2.17. The molecule has 1 amide bonds.